The third-order valence-electron chi connectivity index (χ3n) is 4.23. The minimum atomic E-state index is -0.274. The number of hydrogen-bond donors (Lipinski definition) is 1. The number of benzene rings is 2. The molecule has 0 aliphatic heterocycles. The number of rotatable bonds is 5. The first-order valence-corrected chi connectivity index (χ1v) is 9.71. The Balaban J connectivity index is 1.62. The fourth-order valence-corrected chi connectivity index (χ4v) is 3.40. The van der Waals surface area contributed by atoms with Crippen LogP contribution < -0.4 is 5.32 Å². The van der Waals surface area contributed by atoms with Gasteiger partial charge in [-0.3, -0.25) is 10.1 Å². The van der Waals surface area contributed by atoms with Gasteiger partial charge >= 0.3 is 0 Å². The summed E-state index contributed by atoms with van der Waals surface area (Å²) in [6, 6.07) is 15.2. The molecule has 0 unspecified atom stereocenters. The summed E-state index contributed by atoms with van der Waals surface area (Å²) in [5.41, 5.74) is 3.20. The molecule has 0 radical (unpaired) electrons. The molecule has 0 spiro atoms. The van der Waals surface area contributed by atoms with Gasteiger partial charge in [0.25, 0.3) is 5.91 Å². The summed E-state index contributed by atoms with van der Waals surface area (Å²) >= 11 is 1.37. The van der Waals surface area contributed by atoms with Gasteiger partial charge in [0.15, 0.2) is 5.76 Å². The van der Waals surface area contributed by atoms with Gasteiger partial charge in [-0.2, -0.15) is 0 Å². The second-order valence-electron chi connectivity index (χ2n) is 6.25. The number of hydrogen-bond acceptors (Lipinski definition) is 6. The van der Waals surface area contributed by atoms with Crippen molar-refractivity contribution in [3.05, 3.63) is 70.9 Å². The third kappa shape index (κ3) is 3.70. The van der Waals surface area contributed by atoms with Gasteiger partial charge in [0.05, 0.1) is 11.8 Å². The average molecular weight is 390 g/mol. The second-order valence-corrected chi connectivity index (χ2v) is 7.31. The summed E-state index contributed by atoms with van der Waals surface area (Å²) < 4.78 is 5.94. The van der Waals surface area contributed by atoms with Gasteiger partial charge in [0, 0.05) is 11.1 Å². The maximum absolute atomic E-state index is 12.8. The topological polar surface area (TPSA) is 80.9 Å². The molecule has 140 valence electrons. The maximum atomic E-state index is 12.8. The number of carbonyl (C=O) groups excluding carboxylic acids is 1. The van der Waals surface area contributed by atoms with E-state index in [-0.39, 0.29) is 5.91 Å². The Labute approximate surface area is 166 Å². The first-order valence-electron chi connectivity index (χ1n) is 8.90. The Morgan fingerprint density at radius 1 is 1.11 bits per heavy atom. The molecular formula is C21H18N4O2S. The lowest BCUT2D eigenvalue weighted by Gasteiger charge is -2.06. The minimum Gasteiger partial charge on any atom is -0.436 e. The van der Waals surface area contributed by atoms with Crippen LogP contribution in [-0.2, 0) is 6.42 Å². The zero-order chi connectivity index (χ0) is 19.5. The molecule has 1 N–H and O–H groups in total. The lowest BCUT2D eigenvalue weighted by molar-refractivity contribution is 0.102. The van der Waals surface area contributed by atoms with Crippen LogP contribution in [0.5, 0.6) is 0 Å². The minimum absolute atomic E-state index is 0.274. The monoisotopic (exact) mass is 390 g/mol. The Kier molecular flexibility index (Phi) is 4.99. The Morgan fingerprint density at radius 3 is 2.64 bits per heavy atom. The highest BCUT2D eigenvalue weighted by Crippen LogP contribution is 2.29. The fraction of sp³-hybridized carbons (Fsp3) is 0.143. The van der Waals surface area contributed by atoms with Crippen molar-refractivity contribution < 1.29 is 9.21 Å². The molecule has 4 aromatic rings. The molecule has 0 atom stereocenters. The summed E-state index contributed by atoms with van der Waals surface area (Å²) in [4.78, 5) is 17.2. The van der Waals surface area contributed by atoms with E-state index in [0.29, 0.717) is 27.9 Å². The van der Waals surface area contributed by atoms with Crippen molar-refractivity contribution in [3.63, 3.8) is 0 Å². The third-order valence-corrected chi connectivity index (χ3v) is 5.22. The number of aryl methyl sites for hydroxylation is 2. The van der Waals surface area contributed by atoms with Crippen molar-refractivity contribution in [2.24, 2.45) is 0 Å². The summed E-state index contributed by atoms with van der Waals surface area (Å²) in [5, 5.41) is 12.2. The highest BCUT2D eigenvalue weighted by atomic mass is 32.1. The van der Waals surface area contributed by atoms with E-state index in [1.165, 1.54) is 16.9 Å². The molecular weight excluding hydrogens is 372 g/mol. The van der Waals surface area contributed by atoms with Gasteiger partial charge in [-0.15, -0.1) is 10.2 Å². The van der Waals surface area contributed by atoms with Gasteiger partial charge in [-0.1, -0.05) is 60.2 Å². The van der Waals surface area contributed by atoms with Crippen molar-refractivity contribution in [3.8, 4) is 22.8 Å². The predicted molar refractivity (Wildman–Crippen MR) is 109 cm³/mol. The quantitative estimate of drug-likeness (QED) is 0.519. The molecule has 2 heterocycles. The van der Waals surface area contributed by atoms with Crippen molar-refractivity contribution in [2.75, 3.05) is 5.32 Å². The van der Waals surface area contributed by atoms with E-state index in [1.54, 1.807) is 18.3 Å². The number of nitrogens with one attached hydrogen (secondary N) is 1. The van der Waals surface area contributed by atoms with E-state index < -0.39 is 0 Å². The fourth-order valence-electron chi connectivity index (χ4n) is 2.73. The summed E-state index contributed by atoms with van der Waals surface area (Å²) in [7, 11) is 0. The number of oxazole rings is 1. The summed E-state index contributed by atoms with van der Waals surface area (Å²) in [5.74, 6) is 0.777. The molecule has 2 aromatic carbocycles. The molecule has 1 amide bonds. The Morgan fingerprint density at radius 2 is 1.89 bits per heavy atom. The number of nitrogens with zero attached hydrogens (tertiary/aromatic N) is 3. The van der Waals surface area contributed by atoms with Crippen molar-refractivity contribution in [1.29, 1.82) is 0 Å². The molecule has 4 rings (SSSR count). The molecule has 0 aliphatic rings. The molecule has 0 saturated carbocycles. The first kappa shape index (κ1) is 18.1. The largest absolute Gasteiger partial charge is 0.436 e. The molecule has 0 fully saturated rings. The van der Waals surface area contributed by atoms with Gasteiger partial charge in [-0.25, -0.2) is 4.98 Å². The maximum Gasteiger partial charge on any atom is 0.258 e. The van der Waals surface area contributed by atoms with E-state index >= 15 is 0 Å². The van der Waals surface area contributed by atoms with Gasteiger partial charge < -0.3 is 4.42 Å². The van der Waals surface area contributed by atoms with Crippen LogP contribution in [0, 0.1) is 6.92 Å². The SMILES string of the molecule is CCc1nnc(NC(=O)c2ccccc2-c2ncc(-c3ccc(C)cc3)o2)s1. The smallest absolute Gasteiger partial charge is 0.258 e. The molecule has 28 heavy (non-hydrogen) atoms. The zero-order valence-electron chi connectivity index (χ0n) is 15.5. The normalized spacial score (nSPS) is 10.8. The highest BCUT2D eigenvalue weighted by molar-refractivity contribution is 7.15. The van der Waals surface area contributed by atoms with Crippen molar-refractivity contribution in [2.45, 2.75) is 20.3 Å². The van der Waals surface area contributed by atoms with Crippen LogP contribution in [-0.4, -0.2) is 21.1 Å². The average Bonchev–Trinajstić information content (AvgIpc) is 3.38. The van der Waals surface area contributed by atoms with Crippen LogP contribution >= 0.6 is 11.3 Å². The van der Waals surface area contributed by atoms with Crippen LogP contribution in [0.3, 0.4) is 0 Å². The number of anilines is 1. The number of aromatic nitrogens is 3. The van der Waals surface area contributed by atoms with E-state index in [9.17, 15) is 4.79 Å². The molecule has 0 bridgehead atoms. The van der Waals surface area contributed by atoms with E-state index in [0.717, 1.165) is 17.0 Å². The van der Waals surface area contributed by atoms with Crippen LogP contribution in [0.1, 0.15) is 27.9 Å². The van der Waals surface area contributed by atoms with E-state index in [1.807, 2.05) is 50.2 Å². The first-order chi connectivity index (χ1) is 13.6. The number of carbonyl (C=O) groups is 1. The molecule has 7 heteroatoms. The van der Waals surface area contributed by atoms with Crippen LogP contribution in [0.15, 0.2) is 59.1 Å². The van der Waals surface area contributed by atoms with Crippen LogP contribution in [0.25, 0.3) is 22.8 Å². The lowest BCUT2D eigenvalue weighted by atomic mass is 10.1. The standard InChI is InChI=1S/C21H18N4O2S/c1-3-18-24-25-21(28-18)23-19(26)15-6-4-5-7-16(15)20-22-12-17(27-20)14-10-8-13(2)9-11-14/h4-12H,3H2,1-2H3,(H,23,25,26). The Hall–Kier alpha value is -3.32. The molecule has 0 saturated heterocycles. The zero-order valence-corrected chi connectivity index (χ0v) is 16.3. The predicted octanol–water partition coefficient (Wildman–Crippen LogP) is 4.98. The van der Waals surface area contributed by atoms with Crippen LogP contribution in [0.2, 0.25) is 0 Å². The molecule has 2 aromatic heterocycles. The van der Waals surface area contributed by atoms with Crippen molar-refractivity contribution in [1.82, 2.24) is 15.2 Å². The lowest BCUT2D eigenvalue weighted by Crippen LogP contribution is -2.13. The van der Waals surface area contributed by atoms with Crippen LogP contribution in [0.4, 0.5) is 5.13 Å². The number of amides is 1. The molecule has 0 aliphatic carbocycles. The van der Waals surface area contributed by atoms with E-state index in [2.05, 4.69) is 20.5 Å². The summed E-state index contributed by atoms with van der Waals surface area (Å²) in [6.07, 6.45) is 2.45. The highest BCUT2D eigenvalue weighted by Gasteiger charge is 2.18. The molecule has 6 nitrogen and oxygen atoms in total. The Bertz CT molecular complexity index is 1120. The second kappa shape index (κ2) is 7.74. The van der Waals surface area contributed by atoms with Gasteiger partial charge in [0.1, 0.15) is 5.01 Å². The van der Waals surface area contributed by atoms with Gasteiger partial charge in [-0.05, 0) is 25.5 Å². The summed E-state index contributed by atoms with van der Waals surface area (Å²) in [6.45, 7) is 4.03. The van der Waals surface area contributed by atoms with Gasteiger partial charge in [0.2, 0.25) is 11.0 Å². The van der Waals surface area contributed by atoms with E-state index in [4.69, 9.17) is 4.42 Å². The van der Waals surface area contributed by atoms with Crippen molar-refractivity contribution >= 4 is 22.4 Å².